The fourth-order valence-corrected chi connectivity index (χ4v) is 3.29. The molecule has 2 heterocycles. The molecule has 0 aromatic heterocycles. The summed E-state index contributed by atoms with van der Waals surface area (Å²) in [6, 6.07) is 0.551. The lowest BCUT2D eigenvalue weighted by molar-refractivity contribution is 0.117. The van der Waals surface area contributed by atoms with Gasteiger partial charge in [0.15, 0.2) is 0 Å². The number of hydrogen-bond acceptors (Lipinski definition) is 3. The monoisotopic (exact) mass is 218 g/mol. The minimum atomic E-state index is -0.995. The number of rotatable bonds is 3. The molecule has 2 aliphatic heterocycles. The van der Waals surface area contributed by atoms with E-state index in [4.69, 9.17) is 0 Å². The average Bonchev–Trinajstić information content (AvgIpc) is 2.69. The molecule has 14 heavy (non-hydrogen) atoms. The van der Waals surface area contributed by atoms with Gasteiger partial charge in [-0.05, 0) is 31.6 Å². The Morgan fingerprint density at radius 1 is 1.57 bits per heavy atom. The zero-order valence-electron chi connectivity index (χ0n) is 8.52. The van der Waals surface area contributed by atoms with Crippen molar-refractivity contribution in [1.29, 1.82) is 0 Å². The second-order valence-electron chi connectivity index (χ2n) is 4.37. The summed E-state index contributed by atoms with van der Waals surface area (Å²) in [5.41, 5.74) is -0.995. The predicted octanol–water partition coefficient (Wildman–Crippen LogP) is 1.17. The maximum Gasteiger partial charge on any atom is 0.135 e. The van der Waals surface area contributed by atoms with Gasteiger partial charge < -0.3 is 10.6 Å². The third-order valence-corrected chi connectivity index (χ3v) is 4.22. The Labute approximate surface area is 89.4 Å². The van der Waals surface area contributed by atoms with Crippen LogP contribution < -0.4 is 10.6 Å². The summed E-state index contributed by atoms with van der Waals surface area (Å²) in [5, 5.41) is 6.49. The van der Waals surface area contributed by atoms with Gasteiger partial charge >= 0.3 is 0 Å². The van der Waals surface area contributed by atoms with E-state index in [9.17, 15) is 4.39 Å². The van der Waals surface area contributed by atoms with Crippen molar-refractivity contribution >= 4 is 11.8 Å². The van der Waals surface area contributed by atoms with Gasteiger partial charge in [-0.3, -0.25) is 0 Å². The van der Waals surface area contributed by atoms with Gasteiger partial charge in [0.1, 0.15) is 5.67 Å². The largest absolute Gasteiger partial charge is 0.313 e. The highest BCUT2D eigenvalue weighted by Gasteiger charge is 2.32. The highest BCUT2D eigenvalue weighted by Crippen LogP contribution is 2.22. The van der Waals surface area contributed by atoms with E-state index in [-0.39, 0.29) is 0 Å². The van der Waals surface area contributed by atoms with Gasteiger partial charge in [-0.25, -0.2) is 4.39 Å². The maximum atomic E-state index is 14.1. The van der Waals surface area contributed by atoms with Gasteiger partial charge in [-0.1, -0.05) is 0 Å². The maximum absolute atomic E-state index is 14.1. The van der Waals surface area contributed by atoms with E-state index in [0.29, 0.717) is 25.6 Å². The van der Waals surface area contributed by atoms with Gasteiger partial charge in [0, 0.05) is 24.9 Å². The van der Waals surface area contributed by atoms with Crippen molar-refractivity contribution in [1.82, 2.24) is 10.6 Å². The summed E-state index contributed by atoms with van der Waals surface area (Å²) in [6.07, 6.45) is 2.89. The lowest BCUT2D eigenvalue weighted by Gasteiger charge is -2.31. The van der Waals surface area contributed by atoms with Crippen molar-refractivity contribution in [3.05, 3.63) is 0 Å². The lowest BCUT2D eigenvalue weighted by Crippen LogP contribution is -2.50. The van der Waals surface area contributed by atoms with E-state index in [2.05, 4.69) is 10.6 Å². The molecule has 2 rings (SSSR count). The quantitative estimate of drug-likeness (QED) is 0.743. The second-order valence-corrected chi connectivity index (χ2v) is 5.52. The van der Waals surface area contributed by atoms with Gasteiger partial charge in [0.2, 0.25) is 0 Å². The molecule has 0 aliphatic carbocycles. The summed E-state index contributed by atoms with van der Waals surface area (Å²) in [7, 11) is 0. The number of alkyl halides is 1. The van der Waals surface area contributed by atoms with Crippen molar-refractivity contribution < 1.29 is 4.39 Å². The minimum absolute atomic E-state index is 0.528. The van der Waals surface area contributed by atoms with Crippen LogP contribution in [-0.2, 0) is 0 Å². The van der Waals surface area contributed by atoms with Gasteiger partial charge in [-0.15, -0.1) is 0 Å². The van der Waals surface area contributed by atoms with Gasteiger partial charge in [0.25, 0.3) is 0 Å². The SMILES string of the molecule is FC1(CNC2CCSC2)CCCNC1. The standard InChI is InChI=1S/C10H19FN2S/c11-10(3-1-4-12-7-10)8-13-9-2-5-14-6-9/h9,12-13H,1-8H2. The smallest absolute Gasteiger partial charge is 0.135 e. The van der Waals surface area contributed by atoms with E-state index in [1.165, 1.54) is 12.2 Å². The van der Waals surface area contributed by atoms with Crippen molar-refractivity contribution in [2.75, 3.05) is 31.1 Å². The summed E-state index contributed by atoms with van der Waals surface area (Å²) in [6.45, 7) is 2.04. The summed E-state index contributed by atoms with van der Waals surface area (Å²) in [4.78, 5) is 0. The molecule has 2 fully saturated rings. The minimum Gasteiger partial charge on any atom is -0.313 e. The number of nitrogens with one attached hydrogen (secondary N) is 2. The highest BCUT2D eigenvalue weighted by atomic mass is 32.2. The lowest BCUT2D eigenvalue weighted by atomic mass is 9.96. The molecule has 2 unspecified atom stereocenters. The molecule has 2 N–H and O–H groups in total. The molecule has 0 bridgehead atoms. The number of piperidine rings is 1. The second kappa shape index (κ2) is 4.81. The molecule has 0 aromatic carbocycles. The highest BCUT2D eigenvalue weighted by molar-refractivity contribution is 7.99. The van der Waals surface area contributed by atoms with E-state index in [1.807, 2.05) is 11.8 Å². The van der Waals surface area contributed by atoms with Crippen LogP contribution in [0.1, 0.15) is 19.3 Å². The van der Waals surface area contributed by atoms with Gasteiger partial charge in [0.05, 0.1) is 0 Å². The molecular weight excluding hydrogens is 199 g/mol. The van der Waals surface area contributed by atoms with Crippen molar-refractivity contribution in [3.63, 3.8) is 0 Å². The molecule has 2 atom stereocenters. The average molecular weight is 218 g/mol. The zero-order chi connectivity index (χ0) is 9.86. The van der Waals surface area contributed by atoms with Crippen LogP contribution in [0.15, 0.2) is 0 Å². The van der Waals surface area contributed by atoms with Crippen LogP contribution >= 0.6 is 11.8 Å². The molecule has 0 spiro atoms. The topological polar surface area (TPSA) is 24.1 Å². The Kier molecular flexibility index (Phi) is 3.68. The molecular formula is C10H19FN2S. The Hall–Kier alpha value is 0.200. The summed E-state index contributed by atoms with van der Waals surface area (Å²) < 4.78 is 14.1. The molecule has 4 heteroatoms. The van der Waals surface area contributed by atoms with Crippen LogP contribution in [0.3, 0.4) is 0 Å². The zero-order valence-corrected chi connectivity index (χ0v) is 9.34. The van der Waals surface area contributed by atoms with Crippen LogP contribution in [0.2, 0.25) is 0 Å². The first-order chi connectivity index (χ1) is 6.79. The Morgan fingerprint density at radius 2 is 2.50 bits per heavy atom. The molecule has 2 saturated heterocycles. The van der Waals surface area contributed by atoms with Crippen LogP contribution in [0.25, 0.3) is 0 Å². The molecule has 0 radical (unpaired) electrons. The Bertz CT molecular complexity index is 177. The van der Waals surface area contributed by atoms with Crippen LogP contribution in [0, 0.1) is 0 Å². The predicted molar refractivity (Wildman–Crippen MR) is 59.7 cm³/mol. The van der Waals surface area contributed by atoms with E-state index in [0.717, 1.165) is 18.7 Å². The normalized spacial score (nSPS) is 38.8. The molecule has 0 saturated carbocycles. The number of hydrogen-bond donors (Lipinski definition) is 2. The third-order valence-electron chi connectivity index (χ3n) is 3.06. The van der Waals surface area contributed by atoms with Gasteiger partial charge in [-0.2, -0.15) is 11.8 Å². The van der Waals surface area contributed by atoms with Crippen LogP contribution in [0.4, 0.5) is 4.39 Å². The Morgan fingerprint density at radius 3 is 3.14 bits per heavy atom. The number of thioether (sulfide) groups is 1. The first-order valence-corrected chi connectivity index (χ1v) is 6.65. The van der Waals surface area contributed by atoms with Crippen LogP contribution in [0.5, 0.6) is 0 Å². The van der Waals surface area contributed by atoms with Crippen LogP contribution in [-0.4, -0.2) is 42.9 Å². The fourth-order valence-electron chi connectivity index (χ4n) is 2.10. The third kappa shape index (κ3) is 2.84. The molecule has 0 amide bonds. The molecule has 2 aliphatic rings. The van der Waals surface area contributed by atoms with Crippen molar-refractivity contribution in [2.45, 2.75) is 31.0 Å². The van der Waals surface area contributed by atoms with E-state index >= 15 is 0 Å². The summed E-state index contributed by atoms with van der Waals surface area (Å²) >= 11 is 1.97. The Balaban J connectivity index is 1.72. The first kappa shape index (κ1) is 10.7. The van der Waals surface area contributed by atoms with Crippen molar-refractivity contribution in [2.24, 2.45) is 0 Å². The van der Waals surface area contributed by atoms with E-state index < -0.39 is 5.67 Å². The first-order valence-electron chi connectivity index (χ1n) is 5.49. The van der Waals surface area contributed by atoms with E-state index in [1.54, 1.807) is 0 Å². The molecule has 0 aromatic rings. The van der Waals surface area contributed by atoms with Crippen molar-refractivity contribution in [3.8, 4) is 0 Å². The molecule has 2 nitrogen and oxygen atoms in total. The number of halogens is 1. The fraction of sp³-hybridized carbons (Fsp3) is 1.00. The molecule has 82 valence electrons. The summed E-state index contributed by atoms with van der Waals surface area (Å²) in [5.74, 6) is 2.39.